The lowest BCUT2D eigenvalue weighted by molar-refractivity contribution is -0.133. The molecule has 1 fully saturated rings. The first kappa shape index (κ1) is 15.2. The molecule has 2 N–H and O–H groups in total. The van der Waals surface area contributed by atoms with Crippen molar-refractivity contribution in [1.29, 1.82) is 0 Å². The van der Waals surface area contributed by atoms with E-state index < -0.39 is 27.7 Å². The highest BCUT2D eigenvalue weighted by Gasteiger charge is 2.31. The maximum Gasteiger partial charge on any atom is 0.247 e. The Bertz CT molecular complexity index is 667. The van der Waals surface area contributed by atoms with Gasteiger partial charge < -0.3 is 10.6 Å². The van der Waals surface area contributed by atoms with Crippen LogP contribution in [0.4, 0.5) is 0 Å². The lowest BCUT2D eigenvalue weighted by atomic mass is 10.2. The Hall–Kier alpha value is -2.15. The maximum absolute atomic E-state index is 12.0. The van der Waals surface area contributed by atoms with Crippen LogP contribution in [-0.4, -0.2) is 37.7 Å². The first-order valence-electron chi connectivity index (χ1n) is 6.50. The molecule has 1 aliphatic heterocycles. The lowest BCUT2D eigenvalue weighted by Gasteiger charge is -2.20. The molecular weight excluding hydrogens is 292 g/mol. The maximum atomic E-state index is 12.0. The highest BCUT2D eigenvalue weighted by atomic mass is 32.2. The van der Waals surface area contributed by atoms with Gasteiger partial charge in [-0.1, -0.05) is 18.2 Å². The topological polar surface area (TPSA) is 97.5 Å². The van der Waals surface area contributed by atoms with Crippen molar-refractivity contribution in [3.8, 4) is 0 Å². The molecule has 2 rings (SSSR count). The number of benzene rings is 1. The van der Waals surface area contributed by atoms with Crippen molar-refractivity contribution in [3.05, 3.63) is 41.8 Å². The Balaban J connectivity index is 2.14. The third-order valence-electron chi connectivity index (χ3n) is 3.33. The Morgan fingerprint density at radius 2 is 1.90 bits per heavy atom. The SMILES string of the molecule is NC(=O)[C@@H]1CCCN1C(=O)C=CS(=O)(=O)c1ccccc1. The van der Waals surface area contributed by atoms with E-state index in [0.29, 0.717) is 19.4 Å². The second-order valence-corrected chi connectivity index (χ2v) is 6.59. The van der Waals surface area contributed by atoms with Gasteiger partial charge in [0, 0.05) is 18.0 Å². The molecule has 0 unspecified atom stereocenters. The molecule has 1 aromatic carbocycles. The van der Waals surface area contributed by atoms with Crippen LogP contribution in [-0.2, 0) is 19.4 Å². The van der Waals surface area contributed by atoms with E-state index in [9.17, 15) is 18.0 Å². The molecule has 1 heterocycles. The minimum atomic E-state index is -3.67. The molecule has 0 spiro atoms. The van der Waals surface area contributed by atoms with Crippen LogP contribution in [0.2, 0.25) is 0 Å². The zero-order valence-electron chi connectivity index (χ0n) is 11.3. The molecule has 1 atom stereocenters. The van der Waals surface area contributed by atoms with Crippen LogP contribution in [0.25, 0.3) is 0 Å². The van der Waals surface area contributed by atoms with Gasteiger partial charge in [0.2, 0.25) is 11.8 Å². The van der Waals surface area contributed by atoms with Gasteiger partial charge in [-0.05, 0) is 25.0 Å². The molecule has 6 nitrogen and oxygen atoms in total. The minimum absolute atomic E-state index is 0.113. The summed E-state index contributed by atoms with van der Waals surface area (Å²) in [6.45, 7) is 0.405. The number of hydrogen-bond donors (Lipinski definition) is 1. The summed E-state index contributed by atoms with van der Waals surface area (Å²) >= 11 is 0. The lowest BCUT2D eigenvalue weighted by Crippen LogP contribution is -2.43. The van der Waals surface area contributed by atoms with Crippen molar-refractivity contribution >= 4 is 21.7 Å². The van der Waals surface area contributed by atoms with Gasteiger partial charge in [-0.25, -0.2) is 8.42 Å². The number of carbonyl (C=O) groups is 2. The molecule has 1 aliphatic rings. The van der Waals surface area contributed by atoms with E-state index in [-0.39, 0.29) is 4.90 Å². The molecule has 0 aromatic heterocycles. The van der Waals surface area contributed by atoms with E-state index in [1.165, 1.54) is 17.0 Å². The van der Waals surface area contributed by atoms with Crippen molar-refractivity contribution in [2.45, 2.75) is 23.8 Å². The monoisotopic (exact) mass is 308 g/mol. The Kier molecular flexibility index (Phi) is 4.42. The highest BCUT2D eigenvalue weighted by molar-refractivity contribution is 7.94. The highest BCUT2D eigenvalue weighted by Crippen LogP contribution is 2.18. The number of amides is 2. The molecule has 21 heavy (non-hydrogen) atoms. The molecule has 112 valence electrons. The number of nitrogens with zero attached hydrogens (tertiary/aromatic N) is 1. The van der Waals surface area contributed by atoms with Crippen molar-refractivity contribution in [3.63, 3.8) is 0 Å². The van der Waals surface area contributed by atoms with Crippen molar-refractivity contribution in [1.82, 2.24) is 4.90 Å². The molecule has 0 aliphatic carbocycles. The summed E-state index contributed by atoms with van der Waals surface area (Å²) in [7, 11) is -3.67. The summed E-state index contributed by atoms with van der Waals surface area (Å²) in [6.07, 6.45) is 2.17. The van der Waals surface area contributed by atoms with E-state index in [2.05, 4.69) is 0 Å². The summed E-state index contributed by atoms with van der Waals surface area (Å²) in [5.74, 6) is -1.09. The quantitative estimate of drug-likeness (QED) is 0.817. The molecule has 7 heteroatoms. The van der Waals surface area contributed by atoms with Crippen molar-refractivity contribution in [2.24, 2.45) is 5.73 Å². The second kappa shape index (κ2) is 6.09. The molecule has 2 amide bonds. The van der Waals surface area contributed by atoms with Gasteiger partial charge in [0.25, 0.3) is 0 Å². The number of sulfone groups is 1. The van der Waals surface area contributed by atoms with Crippen LogP contribution in [0.5, 0.6) is 0 Å². The second-order valence-electron chi connectivity index (χ2n) is 4.75. The van der Waals surface area contributed by atoms with Crippen LogP contribution >= 0.6 is 0 Å². The van der Waals surface area contributed by atoms with Crippen molar-refractivity contribution in [2.75, 3.05) is 6.54 Å². The van der Waals surface area contributed by atoms with E-state index in [1.807, 2.05) is 0 Å². The fourth-order valence-electron chi connectivity index (χ4n) is 2.26. The van der Waals surface area contributed by atoms with Crippen LogP contribution in [0.3, 0.4) is 0 Å². The molecule has 1 saturated heterocycles. The number of rotatable bonds is 4. The first-order valence-corrected chi connectivity index (χ1v) is 8.04. The van der Waals surface area contributed by atoms with Crippen molar-refractivity contribution < 1.29 is 18.0 Å². The van der Waals surface area contributed by atoms with Crippen LogP contribution < -0.4 is 5.73 Å². The number of nitrogens with two attached hydrogens (primary N) is 1. The normalized spacial score (nSPS) is 19.0. The first-order chi connectivity index (χ1) is 9.92. The number of carbonyl (C=O) groups excluding carboxylic acids is 2. The zero-order chi connectivity index (χ0) is 15.5. The predicted molar refractivity (Wildman–Crippen MR) is 76.7 cm³/mol. The van der Waals surface area contributed by atoms with Gasteiger partial charge in [0.05, 0.1) is 4.90 Å². The summed E-state index contributed by atoms with van der Waals surface area (Å²) in [5.41, 5.74) is 5.22. The number of likely N-dealkylation sites (tertiary alicyclic amines) is 1. The predicted octanol–water partition coefficient (Wildman–Crippen LogP) is 0.450. The standard InChI is InChI=1S/C14H16N2O4S/c15-14(18)12-7-4-9-16(12)13(17)8-10-21(19,20)11-5-2-1-3-6-11/h1-3,5-6,8,10,12H,4,7,9H2,(H2,15,18)/t12-/m0/s1. The average molecular weight is 308 g/mol. The van der Waals surface area contributed by atoms with Gasteiger partial charge in [-0.2, -0.15) is 0 Å². The van der Waals surface area contributed by atoms with Gasteiger partial charge >= 0.3 is 0 Å². The van der Waals surface area contributed by atoms with Gasteiger partial charge in [0.1, 0.15) is 6.04 Å². The summed E-state index contributed by atoms with van der Waals surface area (Å²) < 4.78 is 24.0. The molecule has 0 radical (unpaired) electrons. The fourth-order valence-corrected chi connectivity index (χ4v) is 3.25. The molecule has 1 aromatic rings. The van der Waals surface area contributed by atoms with E-state index in [4.69, 9.17) is 5.73 Å². The molecular formula is C14H16N2O4S. The van der Waals surface area contributed by atoms with E-state index >= 15 is 0 Å². The fraction of sp³-hybridized carbons (Fsp3) is 0.286. The van der Waals surface area contributed by atoms with E-state index in [1.54, 1.807) is 18.2 Å². The van der Waals surface area contributed by atoms with Gasteiger partial charge in [0.15, 0.2) is 9.84 Å². The summed E-state index contributed by atoms with van der Waals surface area (Å²) in [4.78, 5) is 24.6. The van der Waals surface area contributed by atoms with Gasteiger partial charge in [-0.3, -0.25) is 9.59 Å². The minimum Gasteiger partial charge on any atom is -0.368 e. The average Bonchev–Trinajstić information content (AvgIpc) is 2.95. The molecule has 0 bridgehead atoms. The largest absolute Gasteiger partial charge is 0.368 e. The smallest absolute Gasteiger partial charge is 0.247 e. The Morgan fingerprint density at radius 1 is 1.24 bits per heavy atom. The third kappa shape index (κ3) is 3.49. The Morgan fingerprint density at radius 3 is 2.52 bits per heavy atom. The third-order valence-corrected chi connectivity index (χ3v) is 4.75. The van der Waals surface area contributed by atoms with Crippen LogP contribution in [0.1, 0.15) is 12.8 Å². The van der Waals surface area contributed by atoms with E-state index in [0.717, 1.165) is 11.5 Å². The molecule has 0 saturated carbocycles. The van der Waals surface area contributed by atoms with Crippen LogP contribution in [0, 0.1) is 0 Å². The Labute approximate surface area is 123 Å². The summed E-state index contributed by atoms with van der Waals surface area (Å²) in [5, 5.41) is 0.862. The summed E-state index contributed by atoms with van der Waals surface area (Å²) in [6, 6.07) is 7.16. The zero-order valence-corrected chi connectivity index (χ0v) is 12.1. The number of hydrogen-bond acceptors (Lipinski definition) is 4. The van der Waals surface area contributed by atoms with Crippen LogP contribution in [0.15, 0.2) is 46.7 Å². The van der Waals surface area contributed by atoms with Gasteiger partial charge in [-0.15, -0.1) is 0 Å². The number of primary amides is 1.